The maximum Gasteiger partial charge on any atom is 0.291 e. The standard InChI is InChI=1S/C21H17FN4O2/c1-14-4-10-17(11-5-14)26-20(18-3-2-12-28-18)24-19(25-26)21(27)23-13-15-6-8-16(22)9-7-15/h2-12H,13H2,1H3,(H,23,27). The lowest BCUT2D eigenvalue weighted by Crippen LogP contribution is -2.24. The highest BCUT2D eigenvalue weighted by Crippen LogP contribution is 2.22. The fourth-order valence-corrected chi connectivity index (χ4v) is 2.70. The van der Waals surface area contributed by atoms with E-state index in [4.69, 9.17) is 4.42 Å². The molecule has 1 N–H and O–H groups in total. The Balaban J connectivity index is 1.62. The predicted molar refractivity (Wildman–Crippen MR) is 101 cm³/mol. The maximum atomic E-state index is 13.0. The van der Waals surface area contributed by atoms with E-state index in [-0.39, 0.29) is 18.2 Å². The molecule has 0 fully saturated rings. The van der Waals surface area contributed by atoms with Crippen LogP contribution in [0, 0.1) is 12.7 Å². The second kappa shape index (κ2) is 7.48. The van der Waals surface area contributed by atoms with Gasteiger partial charge in [0.2, 0.25) is 5.82 Å². The highest BCUT2D eigenvalue weighted by molar-refractivity contribution is 5.90. The van der Waals surface area contributed by atoms with Gasteiger partial charge in [0.15, 0.2) is 11.6 Å². The quantitative estimate of drug-likeness (QED) is 0.573. The molecule has 2 heterocycles. The number of amides is 1. The van der Waals surface area contributed by atoms with Gasteiger partial charge in [0, 0.05) is 6.54 Å². The van der Waals surface area contributed by atoms with E-state index in [0.717, 1.165) is 16.8 Å². The molecule has 6 nitrogen and oxygen atoms in total. The lowest BCUT2D eigenvalue weighted by molar-refractivity contribution is 0.0940. The number of rotatable bonds is 5. The summed E-state index contributed by atoms with van der Waals surface area (Å²) in [6, 6.07) is 17.1. The van der Waals surface area contributed by atoms with Crippen molar-refractivity contribution in [2.24, 2.45) is 0 Å². The Bertz CT molecular complexity index is 1080. The van der Waals surface area contributed by atoms with Crippen LogP contribution >= 0.6 is 0 Å². The van der Waals surface area contributed by atoms with Gasteiger partial charge in [-0.1, -0.05) is 29.8 Å². The number of furan rings is 1. The summed E-state index contributed by atoms with van der Waals surface area (Å²) < 4.78 is 20.0. The van der Waals surface area contributed by atoms with Gasteiger partial charge in [-0.25, -0.2) is 9.07 Å². The van der Waals surface area contributed by atoms with Gasteiger partial charge in [0.25, 0.3) is 5.91 Å². The number of nitrogens with zero attached hydrogens (tertiary/aromatic N) is 3. The fourth-order valence-electron chi connectivity index (χ4n) is 2.70. The SMILES string of the molecule is Cc1ccc(-n2nc(C(=O)NCc3ccc(F)cc3)nc2-c2ccco2)cc1. The highest BCUT2D eigenvalue weighted by Gasteiger charge is 2.20. The number of carbonyl (C=O) groups excluding carboxylic acids is 1. The third-order valence-corrected chi connectivity index (χ3v) is 4.20. The molecule has 4 aromatic rings. The van der Waals surface area contributed by atoms with Gasteiger partial charge in [0.1, 0.15) is 5.82 Å². The second-order valence-corrected chi connectivity index (χ2v) is 6.29. The smallest absolute Gasteiger partial charge is 0.291 e. The minimum atomic E-state index is -0.428. The number of nitrogens with one attached hydrogen (secondary N) is 1. The van der Waals surface area contributed by atoms with Crippen molar-refractivity contribution in [3.05, 3.63) is 89.7 Å². The highest BCUT2D eigenvalue weighted by atomic mass is 19.1. The first-order valence-electron chi connectivity index (χ1n) is 8.71. The Morgan fingerprint density at radius 2 is 1.86 bits per heavy atom. The topological polar surface area (TPSA) is 73.0 Å². The van der Waals surface area contributed by atoms with Gasteiger partial charge in [-0.2, -0.15) is 4.98 Å². The molecule has 140 valence electrons. The van der Waals surface area contributed by atoms with Crippen molar-refractivity contribution in [3.63, 3.8) is 0 Å². The van der Waals surface area contributed by atoms with Crippen LogP contribution in [0.3, 0.4) is 0 Å². The number of hydrogen-bond acceptors (Lipinski definition) is 4. The largest absolute Gasteiger partial charge is 0.461 e. The van der Waals surface area contributed by atoms with Crippen molar-refractivity contribution in [3.8, 4) is 17.3 Å². The Labute approximate surface area is 160 Å². The summed E-state index contributed by atoms with van der Waals surface area (Å²) in [5, 5.41) is 7.12. The van der Waals surface area contributed by atoms with Crippen LogP contribution < -0.4 is 5.32 Å². The van der Waals surface area contributed by atoms with Crippen LogP contribution in [-0.2, 0) is 6.54 Å². The van der Waals surface area contributed by atoms with Crippen LogP contribution in [0.1, 0.15) is 21.7 Å². The summed E-state index contributed by atoms with van der Waals surface area (Å²) in [6.07, 6.45) is 1.54. The van der Waals surface area contributed by atoms with Crippen molar-refractivity contribution in [2.45, 2.75) is 13.5 Å². The van der Waals surface area contributed by atoms with Crippen LogP contribution in [0.15, 0.2) is 71.3 Å². The summed E-state index contributed by atoms with van der Waals surface area (Å²) in [6.45, 7) is 2.24. The molecule has 0 aliphatic carbocycles. The van der Waals surface area contributed by atoms with E-state index in [1.807, 2.05) is 31.2 Å². The minimum absolute atomic E-state index is 0.0223. The van der Waals surface area contributed by atoms with Gasteiger partial charge in [-0.05, 0) is 48.9 Å². The summed E-state index contributed by atoms with van der Waals surface area (Å²) in [5.41, 5.74) is 2.65. The van der Waals surface area contributed by atoms with E-state index in [2.05, 4.69) is 15.4 Å². The van der Waals surface area contributed by atoms with E-state index < -0.39 is 5.91 Å². The number of hydrogen-bond donors (Lipinski definition) is 1. The molecule has 0 saturated heterocycles. The van der Waals surface area contributed by atoms with Crippen LogP contribution in [0.2, 0.25) is 0 Å². The molecule has 0 atom stereocenters. The van der Waals surface area contributed by atoms with E-state index in [1.54, 1.807) is 28.9 Å². The van der Waals surface area contributed by atoms with E-state index >= 15 is 0 Å². The third kappa shape index (κ3) is 3.68. The monoisotopic (exact) mass is 376 g/mol. The molecule has 0 spiro atoms. The summed E-state index contributed by atoms with van der Waals surface area (Å²) >= 11 is 0. The molecule has 0 aliphatic heterocycles. The van der Waals surface area contributed by atoms with E-state index in [9.17, 15) is 9.18 Å². The molecule has 2 aromatic carbocycles. The molecular weight excluding hydrogens is 359 g/mol. The number of halogens is 1. The van der Waals surface area contributed by atoms with Crippen molar-refractivity contribution >= 4 is 5.91 Å². The van der Waals surface area contributed by atoms with Gasteiger partial charge < -0.3 is 9.73 Å². The molecule has 0 saturated carbocycles. The van der Waals surface area contributed by atoms with Crippen LogP contribution in [0.5, 0.6) is 0 Å². The molecular formula is C21H17FN4O2. The average molecular weight is 376 g/mol. The number of carbonyl (C=O) groups is 1. The first-order valence-corrected chi connectivity index (χ1v) is 8.71. The summed E-state index contributed by atoms with van der Waals surface area (Å²) in [4.78, 5) is 16.9. The molecule has 28 heavy (non-hydrogen) atoms. The Kier molecular flexibility index (Phi) is 4.72. The Hall–Kier alpha value is -3.74. The zero-order chi connectivity index (χ0) is 19.5. The average Bonchev–Trinajstić information content (AvgIpc) is 3.37. The second-order valence-electron chi connectivity index (χ2n) is 6.29. The van der Waals surface area contributed by atoms with Gasteiger partial charge in [-0.15, -0.1) is 5.10 Å². The number of aromatic nitrogens is 3. The third-order valence-electron chi connectivity index (χ3n) is 4.20. The van der Waals surface area contributed by atoms with Gasteiger partial charge >= 0.3 is 0 Å². The molecule has 0 unspecified atom stereocenters. The van der Waals surface area contributed by atoms with Gasteiger partial charge in [-0.3, -0.25) is 4.79 Å². The molecule has 0 radical (unpaired) electrons. The molecule has 2 aromatic heterocycles. The lowest BCUT2D eigenvalue weighted by atomic mass is 10.2. The normalized spacial score (nSPS) is 10.8. The number of aryl methyl sites for hydroxylation is 1. The van der Waals surface area contributed by atoms with Crippen LogP contribution in [0.4, 0.5) is 4.39 Å². The number of benzene rings is 2. The summed E-state index contributed by atoms with van der Waals surface area (Å²) in [7, 11) is 0. The zero-order valence-electron chi connectivity index (χ0n) is 15.1. The first kappa shape index (κ1) is 17.7. The van der Waals surface area contributed by atoms with Crippen molar-refractivity contribution in [2.75, 3.05) is 0 Å². The zero-order valence-corrected chi connectivity index (χ0v) is 15.1. The first-order chi connectivity index (χ1) is 13.6. The lowest BCUT2D eigenvalue weighted by Gasteiger charge is -2.04. The molecule has 0 bridgehead atoms. The van der Waals surface area contributed by atoms with Crippen molar-refractivity contribution < 1.29 is 13.6 Å². The Morgan fingerprint density at radius 3 is 2.54 bits per heavy atom. The van der Waals surface area contributed by atoms with Crippen molar-refractivity contribution in [1.29, 1.82) is 0 Å². The van der Waals surface area contributed by atoms with Crippen LogP contribution in [-0.4, -0.2) is 20.7 Å². The van der Waals surface area contributed by atoms with E-state index in [0.29, 0.717) is 11.6 Å². The Morgan fingerprint density at radius 1 is 1.11 bits per heavy atom. The fraction of sp³-hybridized carbons (Fsp3) is 0.0952. The van der Waals surface area contributed by atoms with Crippen molar-refractivity contribution in [1.82, 2.24) is 20.1 Å². The molecule has 4 rings (SSSR count). The van der Waals surface area contributed by atoms with E-state index in [1.165, 1.54) is 18.4 Å². The minimum Gasteiger partial charge on any atom is -0.461 e. The molecule has 1 amide bonds. The van der Waals surface area contributed by atoms with Gasteiger partial charge in [0.05, 0.1) is 12.0 Å². The van der Waals surface area contributed by atoms with Crippen LogP contribution in [0.25, 0.3) is 17.3 Å². The molecule has 7 heteroatoms. The maximum absolute atomic E-state index is 13.0. The predicted octanol–water partition coefficient (Wildman–Crippen LogP) is 3.90. The summed E-state index contributed by atoms with van der Waals surface area (Å²) in [5.74, 6) is 0.209. The molecule has 0 aliphatic rings.